The molecule has 7 heteroatoms. The minimum atomic E-state index is -0.977. The molecule has 20 heavy (non-hydrogen) atoms. The molecule has 0 aliphatic heterocycles. The first-order valence-corrected chi connectivity index (χ1v) is 6.47. The first-order valence-electron chi connectivity index (χ1n) is 5.66. The largest absolute Gasteiger partial charge is 0.477 e. The fraction of sp³-hybridized carbons (Fsp3) is 0.0769. The number of nitrogens with one attached hydrogen (secondary N) is 1. The van der Waals surface area contributed by atoms with Crippen LogP contribution in [0.3, 0.4) is 0 Å². The summed E-state index contributed by atoms with van der Waals surface area (Å²) in [6.07, 6.45) is 3.04. The van der Waals surface area contributed by atoms with Crippen LogP contribution < -0.4 is 5.43 Å². The van der Waals surface area contributed by atoms with Gasteiger partial charge in [-0.15, -0.1) is 11.3 Å². The number of aromatic nitrogens is 1. The third-order valence-electron chi connectivity index (χ3n) is 2.44. The Kier molecular flexibility index (Phi) is 4.21. The maximum absolute atomic E-state index is 11.8. The van der Waals surface area contributed by atoms with Gasteiger partial charge in [-0.3, -0.25) is 9.78 Å². The SMILES string of the molecule is CC(=NNC(=O)c1ccncc1)c1ccc(C(=O)O)s1. The summed E-state index contributed by atoms with van der Waals surface area (Å²) in [4.78, 5) is 27.3. The molecule has 0 unspecified atom stereocenters. The third-order valence-corrected chi connectivity index (χ3v) is 3.62. The summed E-state index contributed by atoms with van der Waals surface area (Å²) in [7, 11) is 0. The van der Waals surface area contributed by atoms with Crippen molar-refractivity contribution in [2.45, 2.75) is 6.92 Å². The van der Waals surface area contributed by atoms with Crippen molar-refractivity contribution in [2.24, 2.45) is 5.10 Å². The van der Waals surface area contributed by atoms with Gasteiger partial charge in [0.05, 0.1) is 10.6 Å². The molecule has 0 aromatic carbocycles. The maximum atomic E-state index is 11.8. The van der Waals surface area contributed by atoms with Crippen molar-refractivity contribution in [2.75, 3.05) is 0 Å². The molecule has 0 aliphatic carbocycles. The second kappa shape index (κ2) is 6.07. The van der Waals surface area contributed by atoms with Crippen LogP contribution in [0.1, 0.15) is 31.8 Å². The molecule has 0 spiro atoms. The lowest BCUT2D eigenvalue weighted by atomic mass is 10.2. The van der Waals surface area contributed by atoms with Crippen LogP contribution in [0.2, 0.25) is 0 Å². The zero-order chi connectivity index (χ0) is 14.5. The van der Waals surface area contributed by atoms with E-state index in [1.807, 2.05) is 0 Å². The number of pyridine rings is 1. The van der Waals surface area contributed by atoms with Crippen molar-refractivity contribution in [3.8, 4) is 0 Å². The highest BCUT2D eigenvalue weighted by atomic mass is 32.1. The van der Waals surface area contributed by atoms with Crippen LogP contribution >= 0.6 is 11.3 Å². The highest BCUT2D eigenvalue weighted by Gasteiger charge is 2.09. The Morgan fingerprint density at radius 2 is 1.85 bits per heavy atom. The number of hydrogen-bond donors (Lipinski definition) is 2. The summed E-state index contributed by atoms with van der Waals surface area (Å²) >= 11 is 1.10. The number of aromatic carboxylic acids is 1. The minimum Gasteiger partial charge on any atom is -0.477 e. The summed E-state index contributed by atoms with van der Waals surface area (Å²) in [5.74, 6) is -1.32. The van der Waals surface area contributed by atoms with Crippen LogP contribution in [-0.2, 0) is 0 Å². The van der Waals surface area contributed by atoms with Gasteiger partial charge < -0.3 is 5.11 Å². The topological polar surface area (TPSA) is 91.7 Å². The van der Waals surface area contributed by atoms with Crippen LogP contribution in [-0.4, -0.2) is 27.7 Å². The summed E-state index contributed by atoms with van der Waals surface area (Å²) in [6.45, 7) is 1.70. The molecular weight excluding hydrogens is 278 g/mol. The predicted molar refractivity (Wildman–Crippen MR) is 75.2 cm³/mol. The van der Waals surface area contributed by atoms with Crippen molar-refractivity contribution in [3.05, 3.63) is 52.0 Å². The monoisotopic (exact) mass is 289 g/mol. The van der Waals surface area contributed by atoms with E-state index >= 15 is 0 Å². The number of carboxylic acids is 1. The molecule has 0 bridgehead atoms. The first-order chi connectivity index (χ1) is 9.58. The molecule has 2 N–H and O–H groups in total. The number of nitrogens with zero attached hydrogens (tertiary/aromatic N) is 2. The Morgan fingerprint density at radius 1 is 1.20 bits per heavy atom. The van der Waals surface area contributed by atoms with Gasteiger partial charge in [0.25, 0.3) is 5.91 Å². The van der Waals surface area contributed by atoms with E-state index in [0.717, 1.165) is 11.3 Å². The Hall–Kier alpha value is -2.54. The Morgan fingerprint density at radius 3 is 2.45 bits per heavy atom. The van der Waals surface area contributed by atoms with Crippen molar-refractivity contribution >= 4 is 28.9 Å². The number of hydrazone groups is 1. The smallest absolute Gasteiger partial charge is 0.345 e. The molecule has 1 amide bonds. The average Bonchev–Trinajstić information content (AvgIpc) is 2.95. The summed E-state index contributed by atoms with van der Waals surface area (Å²) in [6, 6.07) is 6.32. The number of carbonyl (C=O) groups is 2. The Balaban J connectivity index is 2.07. The summed E-state index contributed by atoms with van der Waals surface area (Å²) < 4.78 is 0. The third kappa shape index (κ3) is 3.27. The Labute approximate surface area is 118 Å². The van der Waals surface area contributed by atoms with Crippen LogP contribution in [0.25, 0.3) is 0 Å². The zero-order valence-corrected chi connectivity index (χ0v) is 11.3. The van der Waals surface area contributed by atoms with Gasteiger partial charge in [-0.1, -0.05) is 0 Å². The van der Waals surface area contributed by atoms with Crippen LogP contribution in [0.5, 0.6) is 0 Å². The first kappa shape index (κ1) is 13.9. The normalized spacial score (nSPS) is 11.2. The Bertz CT molecular complexity index is 665. The van der Waals surface area contributed by atoms with E-state index in [0.29, 0.717) is 16.2 Å². The van der Waals surface area contributed by atoms with Gasteiger partial charge in [-0.05, 0) is 31.2 Å². The number of thiophene rings is 1. The highest BCUT2D eigenvalue weighted by Crippen LogP contribution is 2.17. The van der Waals surface area contributed by atoms with Crippen LogP contribution in [0, 0.1) is 0 Å². The quantitative estimate of drug-likeness (QED) is 0.665. The number of carbonyl (C=O) groups excluding carboxylic acids is 1. The van der Waals surface area contributed by atoms with Crippen molar-refractivity contribution < 1.29 is 14.7 Å². The average molecular weight is 289 g/mol. The lowest BCUT2D eigenvalue weighted by molar-refractivity contribution is 0.0702. The lowest BCUT2D eigenvalue weighted by Gasteiger charge is -2.00. The molecule has 0 aliphatic rings. The zero-order valence-electron chi connectivity index (χ0n) is 10.5. The fourth-order valence-corrected chi connectivity index (χ4v) is 2.19. The number of rotatable bonds is 4. The molecule has 102 valence electrons. The second-order valence-electron chi connectivity index (χ2n) is 3.84. The maximum Gasteiger partial charge on any atom is 0.345 e. The summed E-state index contributed by atoms with van der Waals surface area (Å²) in [5.41, 5.74) is 3.42. The van der Waals surface area contributed by atoms with Gasteiger partial charge in [0.1, 0.15) is 4.88 Å². The molecule has 6 nitrogen and oxygen atoms in total. The number of amides is 1. The second-order valence-corrected chi connectivity index (χ2v) is 4.93. The number of hydrogen-bond acceptors (Lipinski definition) is 5. The predicted octanol–water partition coefficient (Wildman–Crippen LogP) is 2.00. The van der Waals surface area contributed by atoms with Gasteiger partial charge in [0, 0.05) is 18.0 Å². The van der Waals surface area contributed by atoms with E-state index in [2.05, 4.69) is 15.5 Å². The van der Waals surface area contributed by atoms with Crippen LogP contribution in [0.15, 0.2) is 41.8 Å². The molecule has 0 fully saturated rings. The molecule has 2 aromatic heterocycles. The molecule has 0 saturated carbocycles. The molecule has 0 radical (unpaired) electrons. The van der Waals surface area contributed by atoms with Gasteiger partial charge in [0.2, 0.25) is 0 Å². The van der Waals surface area contributed by atoms with Gasteiger partial charge in [0.15, 0.2) is 0 Å². The van der Waals surface area contributed by atoms with Gasteiger partial charge in [-0.25, -0.2) is 10.2 Å². The molecule has 2 rings (SSSR count). The van der Waals surface area contributed by atoms with Crippen molar-refractivity contribution in [3.63, 3.8) is 0 Å². The lowest BCUT2D eigenvalue weighted by Crippen LogP contribution is -2.19. The van der Waals surface area contributed by atoms with E-state index < -0.39 is 5.97 Å². The van der Waals surface area contributed by atoms with Crippen molar-refractivity contribution in [1.29, 1.82) is 0 Å². The minimum absolute atomic E-state index is 0.231. The van der Waals surface area contributed by atoms with E-state index in [9.17, 15) is 9.59 Å². The fourth-order valence-electron chi connectivity index (χ4n) is 1.40. The van der Waals surface area contributed by atoms with E-state index in [1.165, 1.54) is 18.5 Å². The molecule has 0 atom stereocenters. The summed E-state index contributed by atoms with van der Waals surface area (Å²) in [5, 5.41) is 12.8. The molecule has 2 heterocycles. The van der Waals surface area contributed by atoms with Gasteiger partial charge in [-0.2, -0.15) is 5.10 Å². The van der Waals surface area contributed by atoms with E-state index in [1.54, 1.807) is 25.1 Å². The molecule has 2 aromatic rings. The van der Waals surface area contributed by atoms with Crippen molar-refractivity contribution in [1.82, 2.24) is 10.4 Å². The molecule has 0 saturated heterocycles. The van der Waals surface area contributed by atoms with E-state index in [-0.39, 0.29) is 10.8 Å². The van der Waals surface area contributed by atoms with Crippen LogP contribution in [0.4, 0.5) is 0 Å². The standard InChI is InChI=1S/C13H11N3O3S/c1-8(10-2-3-11(20-10)13(18)19)15-16-12(17)9-4-6-14-7-5-9/h2-7H,1H3,(H,16,17)(H,18,19). The molecular formula is C13H11N3O3S. The van der Waals surface area contributed by atoms with E-state index in [4.69, 9.17) is 5.11 Å². The van der Waals surface area contributed by atoms with Gasteiger partial charge >= 0.3 is 5.97 Å². The highest BCUT2D eigenvalue weighted by molar-refractivity contribution is 7.15. The number of carboxylic acid groups (broad SMARTS) is 1.